The zero-order chi connectivity index (χ0) is 24.8. The van der Waals surface area contributed by atoms with Gasteiger partial charge in [-0.25, -0.2) is 4.39 Å². The van der Waals surface area contributed by atoms with E-state index in [1.165, 1.54) is 17.4 Å². The molecule has 1 aromatic heterocycles. The molecular weight excluding hydrogens is 463 g/mol. The lowest BCUT2D eigenvalue weighted by Gasteiger charge is -2.40. The number of phenolic OH excluding ortho intramolecular Hbond substituents is 1. The van der Waals surface area contributed by atoms with Crippen molar-refractivity contribution in [2.24, 2.45) is 5.92 Å². The predicted octanol–water partition coefficient (Wildman–Crippen LogP) is 5.59. The molecule has 0 spiro atoms. The van der Waals surface area contributed by atoms with E-state index < -0.39 is 0 Å². The van der Waals surface area contributed by atoms with Crippen LogP contribution in [0.3, 0.4) is 0 Å². The van der Waals surface area contributed by atoms with Crippen LogP contribution in [0.1, 0.15) is 41.3 Å². The molecule has 3 aromatic rings. The molecule has 0 bridgehead atoms. The lowest BCUT2D eigenvalue weighted by Crippen LogP contribution is -2.47. The average Bonchev–Trinajstić information content (AvgIpc) is 3.41. The Kier molecular flexibility index (Phi) is 8.42. The number of hydrogen-bond donors (Lipinski definition) is 1. The molecule has 1 saturated heterocycles. The number of rotatable bonds is 9. The summed E-state index contributed by atoms with van der Waals surface area (Å²) in [7, 11) is 1.84. The van der Waals surface area contributed by atoms with Crippen molar-refractivity contribution in [1.82, 2.24) is 9.80 Å². The summed E-state index contributed by atoms with van der Waals surface area (Å²) in [6.07, 6.45) is 2.28. The molecule has 2 aromatic carbocycles. The molecule has 1 N–H and O–H groups in total. The van der Waals surface area contributed by atoms with Crippen LogP contribution in [0.25, 0.3) is 0 Å². The smallest absolute Gasteiger partial charge is 0.254 e. The third-order valence-corrected chi connectivity index (χ3v) is 7.61. The molecule has 1 fully saturated rings. The molecule has 1 aliphatic heterocycles. The number of carbonyl (C=O) groups is 1. The van der Waals surface area contributed by atoms with Gasteiger partial charge in [0.05, 0.1) is 12.2 Å². The number of carbonyl (C=O) groups excluding carboxylic acids is 1. The highest BCUT2D eigenvalue weighted by Gasteiger charge is 2.33. The number of piperidine rings is 1. The molecule has 186 valence electrons. The summed E-state index contributed by atoms with van der Waals surface area (Å²) in [6.45, 7) is 4.73. The van der Waals surface area contributed by atoms with Crippen LogP contribution in [0.4, 0.5) is 4.39 Å². The number of thiophene rings is 1. The second-order valence-electron chi connectivity index (χ2n) is 9.10. The van der Waals surface area contributed by atoms with Gasteiger partial charge in [0, 0.05) is 30.6 Å². The Labute approximate surface area is 210 Å². The molecule has 1 atom stereocenters. The Hall–Kier alpha value is -2.90. The molecule has 0 radical (unpaired) electrons. The molecule has 0 aliphatic carbocycles. The summed E-state index contributed by atoms with van der Waals surface area (Å²) >= 11 is 1.50. The van der Waals surface area contributed by atoms with Crippen molar-refractivity contribution in [3.63, 3.8) is 0 Å². The van der Waals surface area contributed by atoms with Gasteiger partial charge in [0.25, 0.3) is 5.91 Å². The van der Waals surface area contributed by atoms with Crippen molar-refractivity contribution < 1.29 is 19.0 Å². The maximum atomic E-state index is 14.5. The van der Waals surface area contributed by atoms with Gasteiger partial charge in [-0.3, -0.25) is 9.69 Å². The second kappa shape index (κ2) is 11.7. The number of phenols is 1. The summed E-state index contributed by atoms with van der Waals surface area (Å²) in [5.74, 6) is 0.721. The van der Waals surface area contributed by atoms with Gasteiger partial charge in [0.15, 0.2) is 11.5 Å². The highest BCUT2D eigenvalue weighted by molar-refractivity contribution is 7.08. The van der Waals surface area contributed by atoms with Gasteiger partial charge in [0.1, 0.15) is 5.82 Å². The van der Waals surface area contributed by atoms with E-state index in [4.69, 9.17) is 4.74 Å². The number of amides is 1. The third-order valence-electron chi connectivity index (χ3n) is 6.93. The number of para-hydroxylation sites is 1. The van der Waals surface area contributed by atoms with Crippen LogP contribution in [0.5, 0.6) is 11.5 Å². The van der Waals surface area contributed by atoms with E-state index >= 15 is 0 Å². The van der Waals surface area contributed by atoms with Crippen LogP contribution >= 0.6 is 11.3 Å². The first-order valence-corrected chi connectivity index (χ1v) is 13.1. The number of nitrogens with zero attached hydrogens (tertiary/aromatic N) is 2. The molecule has 35 heavy (non-hydrogen) atoms. The van der Waals surface area contributed by atoms with Crippen LogP contribution in [0, 0.1) is 11.7 Å². The van der Waals surface area contributed by atoms with Gasteiger partial charge < -0.3 is 14.7 Å². The topological polar surface area (TPSA) is 53.0 Å². The lowest BCUT2D eigenvalue weighted by molar-refractivity contribution is 0.0583. The Balaban J connectivity index is 1.46. The highest BCUT2D eigenvalue weighted by Crippen LogP contribution is 2.33. The van der Waals surface area contributed by atoms with Crippen molar-refractivity contribution in [2.75, 3.05) is 26.7 Å². The summed E-state index contributed by atoms with van der Waals surface area (Å²) in [4.78, 5) is 17.3. The molecular formula is C28H33FN2O3S. The molecule has 1 aliphatic rings. The van der Waals surface area contributed by atoms with Gasteiger partial charge in [-0.2, -0.15) is 11.3 Å². The molecule has 1 amide bonds. The van der Waals surface area contributed by atoms with Crippen LogP contribution in [-0.4, -0.2) is 53.6 Å². The maximum absolute atomic E-state index is 14.5. The Morgan fingerprint density at radius 2 is 1.91 bits per heavy atom. The molecule has 5 nitrogen and oxygen atoms in total. The van der Waals surface area contributed by atoms with Crippen molar-refractivity contribution in [2.45, 2.75) is 38.8 Å². The number of likely N-dealkylation sites (tertiary alicyclic amines) is 1. The van der Waals surface area contributed by atoms with Gasteiger partial charge in [-0.05, 0) is 74.3 Å². The molecule has 7 heteroatoms. The molecule has 0 saturated carbocycles. The van der Waals surface area contributed by atoms with Gasteiger partial charge in [0.2, 0.25) is 0 Å². The Bertz CT molecular complexity index is 1110. The fourth-order valence-corrected chi connectivity index (χ4v) is 5.58. The minimum atomic E-state index is -0.226. The van der Waals surface area contributed by atoms with E-state index in [2.05, 4.69) is 4.90 Å². The number of ether oxygens (including phenoxy) is 1. The third kappa shape index (κ3) is 6.03. The van der Waals surface area contributed by atoms with E-state index in [0.717, 1.165) is 31.5 Å². The number of halogens is 1. The summed E-state index contributed by atoms with van der Waals surface area (Å²) in [5, 5.41) is 14.3. The molecule has 4 rings (SSSR count). The van der Waals surface area contributed by atoms with E-state index in [1.807, 2.05) is 60.0 Å². The predicted molar refractivity (Wildman–Crippen MR) is 138 cm³/mol. The fourth-order valence-electron chi connectivity index (χ4n) is 4.95. The lowest BCUT2D eigenvalue weighted by atomic mass is 9.84. The van der Waals surface area contributed by atoms with Crippen LogP contribution in [-0.2, 0) is 13.0 Å². The standard InChI is InChI=1S/C28H33FN2O3S/c1-3-34-26-10-6-8-22(27(26)32)18-31-14-11-20(12-15-31)25(17-21-7-4-5-9-24(21)29)30(2)28(33)23-13-16-35-19-23/h4-10,13,16,19-20,25,32H,3,11-12,14-15,17-18H2,1-2H3. The van der Waals surface area contributed by atoms with Crippen molar-refractivity contribution in [1.29, 1.82) is 0 Å². The zero-order valence-corrected chi connectivity index (χ0v) is 21.1. The fraction of sp³-hybridized carbons (Fsp3) is 0.393. The monoisotopic (exact) mass is 496 g/mol. The Morgan fingerprint density at radius 3 is 2.60 bits per heavy atom. The zero-order valence-electron chi connectivity index (χ0n) is 20.3. The van der Waals surface area contributed by atoms with Gasteiger partial charge >= 0.3 is 0 Å². The Morgan fingerprint density at radius 1 is 1.17 bits per heavy atom. The number of hydrogen-bond acceptors (Lipinski definition) is 5. The first kappa shape index (κ1) is 25.2. The van der Waals surface area contributed by atoms with Gasteiger partial charge in [-0.15, -0.1) is 0 Å². The quantitative estimate of drug-likeness (QED) is 0.420. The summed E-state index contributed by atoms with van der Waals surface area (Å²) in [5.41, 5.74) is 2.17. The van der Waals surface area contributed by atoms with Crippen LogP contribution in [0.15, 0.2) is 59.3 Å². The van der Waals surface area contributed by atoms with Crippen molar-refractivity contribution in [3.8, 4) is 11.5 Å². The second-order valence-corrected chi connectivity index (χ2v) is 9.88. The van der Waals surface area contributed by atoms with Crippen LogP contribution in [0.2, 0.25) is 0 Å². The van der Waals surface area contributed by atoms with Crippen molar-refractivity contribution in [3.05, 3.63) is 81.8 Å². The minimum absolute atomic E-state index is 0.0207. The van der Waals surface area contributed by atoms with E-state index in [1.54, 1.807) is 12.1 Å². The summed E-state index contributed by atoms with van der Waals surface area (Å²) < 4.78 is 20.1. The number of aromatic hydroxyl groups is 1. The maximum Gasteiger partial charge on any atom is 0.254 e. The van der Waals surface area contributed by atoms with E-state index in [0.29, 0.717) is 36.4 Å². The molecule has 1 unspecified atom stereocenters. The average molecular weight is 497 g/mol. The van der Waals surface area contributed by atoms with Crippen molar-refractivity contribution >= 4 is 17.2 Å². The normalized spacial score (nSPS) is 15.6. The minimum Gasteiger partial charge on any atom is -0.504 e. The SMILES string of the molecule is CCOc1cccc(CN2CCC(C(Cc3ccccc3F)N(C)C(=O)c3ccsc3)CC2)c1O. The van der Waals surface area contributed by atoms with E-state index in [9.17, 15) is 14.3 Å². The first-order valence-electron chi connectivity index (χ1n) is 12.2. The number of likely N-dealkylation sites (N-methyl/N-ethyl adjacent to an activating group) is 1. The first-order chi connectivity index (χ1) is 17.0. The largest absolute Gasteiger partial charge is 0.504 e. The van der Waals surface area contributed by atoms with Gasteiger partial charge in [-0.1, -0.05) is 30.3 Å². The van der Waals surface area contributed by atoms with E-state index in [-0.39, 0.29) is 29.4 Å². The van der Waals surface area contributed by atoms with Crippen LogP contribution < -0.4 is 4.74 Å². The highest BCUT2D eigenvalue weighted by atomic mass is 32.1. The molecule has 2 heterocycles. The summed E-state index contributed by atoms with van der Waals surface area (Å²) in [6, 6.07) is 14.2. The number of benzene rings is 2.